The van der Waals surface area contributed by atoms with Gasteiger partial charge in [0.2, 0.25) is 5.82 Å². The fourth-order valence-corrected chi connectivity index (χ4v) is 3.40. The zero-order valence-electron chi connectivity index (χ0n) is 16.8. The van der Waals surface area contributed by atoms with Crippen molar-refractivity contribution in [2.24, 2.45) is 0 Å². The number of aryl methyl sites for hydroxylation is 1. The molecule has 0 saturated carbocycles. The fourth-order valence-electron chi connectivity index (χ4n) is 2.80. The van der Waals surface area contributed by atoms with Crippen molar-refractivity contribution in [1.29, 1.82) is 0 Å². The maximum atomic E-state index is 12.8. The minimum absolute atomic E-state index is 0.184. The Labute approximate surface area is 184 Å². The summed E-state index contributed by atoms with van der Waals surface area (Å²) in [6.45, 7) is 4.45. The first-order valence-corrected chi connectivity index (χ1v) is 10.1. The molecule has 0 unspecified atom stereocenters. The molecule has 3 rings (SSSR count). The van der Waals surface area contributed by atoms with Crippen molar-refractivity contribution in [3.8, 4) is 22.8 Å². The van der Waals surface area contributed by atoms with Gasteiger partial charge >= 0.3 is 0 Å². The van der Waals surface area contributed by atoms with Crippen molar-refractivity contribution in [3.05, 3.63) is 51.5 Å². The Kier molecular flexibility index (Phi) is 7.18. The van der Waals surface area contributed by atoms with Crippen LogP contribution in [0.2, 0.25) is 10.0 Å². The van der Waals surface area contributed by atoms with E-state index in [0.29, 0.717) is 23.8 Å². The molecule has 0 spiro atoms. The van der Waals surface area contributed by atoms with E-state index in [4.69, 9.17) is 37.3 Å². The van der Waals surface area contributed by atoms with Gasteiger partial charge in [0.15, 0.2) is 11.4 Å². The first kappa shape index (κ1) is 21.9. The highest BCUT2D eigenvalue weighted by molar-refractivity contribution is 6.37. The fraction of sp³-hybridized carbons (Fsp3) is 0.286. The molecule has 7 nitrogen and oxygen atoms in total. The van der Waals surface area contributed by atoms with Crippen LogP contribution < -0.4 is 14.8 Å². The summed E-state index contributed by atoms with van der Waals surface area (Å²) in [5, 5.41) is 10.9. The van der Waals surface area contributed by atoms with E-state index in [1.165, 1.54) is 12.1 Å². The zero-order chi connectivity index (χ0) is 21.7. The second kappa shape index (κ2) is 9.82. The maximum absolute atomic E-state index is 12.8. The van der Waals surface area contributed by atoms with Gasteiger partial charge in [-0.25, -0.2) is 4.63 Å². The number of carbonyl (C=O) groups is 1. The number of amides is 1. The topological polar surface area (TPSA) is 86.5 Å². The summed E-state index contributed by atoms with van der Waals surface area (Å²) < 4.78 is 15.7. The second-order valence-corrected chi connectivity index (χ2v) is 7.38. The van der Waals surface area contributed by atoms with E-state index in [1.54, 1.807) is 13.2 Å². The molecule has 0 radical (unpaired) electrons. The lowest BCUT2D eigenvalue weighted by molar-refractivity contribution is 0.102. The lowest BCUT2D eigenvalue weighted by atomic mass is 10.1. The van der Waals surface area contributed by atoms with Crippen molar-refractivity contribution < 1.29 is 18.9 Å². The lowest BCUT2D eigenvalue weighted by Gasteiger charge is -2.11. The van der Waals surface area contributed by atoms with E-state index in [-0.39, 0.29) is 21.4 Å². The minimum Gasteiger partial charge on any atom is -0.497 e. The molecular formula is C21H21Cl2N3O4. The molecule has 0 atom stereocenters. The number of benzene rings is 2. The highest BCUT2D eigenvalue weighted by Crippen LogP contribution is 2.35. The molecule has 1 N–H and O–H groups in total. The molecule has 1 heterocycles. The molecule has 158 valence electrons. The van der Waals surface area contributed by atoms with Gasteiger partial charge in [0.05, 0.1) is 23.8 Å². The Hall–Kier alpha value is -2.77. The standard InChI is InChI=1S/C21H21Cl2N3O4/c1-4-5-8-29-19-16(22)10-13(11-17(19)23)21(27)24-20-18(25-30-26-20)15-7-6-14(28-3)9-12(15)2/h6-7,9-11H,4-5,8H2,1-3H3,(H,24,26,27). The summed E-state index contributed by atoms with van der Waals surface area (Å²) >= 11 is 12.5. The van der Waals surface area contributed by atoms with Crippen LogP contribution in [0.1, 0.15) is 35.7 Å². The molecule has 0 aliphatic heterocycles. The molecule has 9 heteroatoms. The number of hydrogen-bond acceptors (Lipinski definition) is 6. The van der Waals surface area contributed by atoms with Gasteiger partial charge in [0, 0.05) is 11.1 Å². The largest absolute Gasteiger partial charge is 0.497 e. The van der Waals surface area contributed by atoms with E-state index < -0.39 is 5.91 Å². The molecule has 0 saturated heterocycles. The number of anilines is 1. The average molecular weight is 450 g/mol. The number of ether oxygens (including phenoxy) is 2. The Bertz CT molecular complexity index is 1030. The van der Waals surface area contributed by atoms with Crippen LogP contribution in [-0.4, -0.2) is 29.9 Å². The highest BCUT2D eigenvalue weighted by atomic mass is 35.5. The normalized spacial score (nSPS) is 10.7. The Morgan fingerprint density at radius 1 is 1.17 bits per heavy atom. The number of methoxy groups -OCH3 is 1. The van der Waals surface area contributed by atoms with E-state index >= 15 is 0 Å². The third kappa shape index (κ3) is 4.86. The monoisotopic (exact) mass is 449 g/mol. The van der Waals surface area contributed by atoms with Crippen LogP contribution in [0.5, 0.6) is 11.5 Å². The third-order valence-electron chi connectivity index (χ3n) is 4.41. The average Bonchev–Trinajstić information content (AvgIpc) is 3.17. The third-order valence-corrected chi connectivity index (χ3v) is 4.98. The van der Waals surface area contributed by atoms with E-state index in [9.17, 15) is 4.79 Å². The van der Waals surface area contributed by atoms with Gasteiger partial charge in [-0.05, 0) is 59.6 Å². The van der Waals surface area contributed by atoms with Gasteiger partial charge in [-0.1, -0.05) is 36.5 Å². The molecular weight excluding hydrogens is 429 g/mol. The van der Waals surface area contributed by atoms with Crippen LogP contribution in [0.25, 0.3) is 11.3 Å². The van der Waals surface area contributed by atoms with Crippen LogP contribution >= 0.6 is 23.2 Å². The smallest absolute Gasteiger partial charge is 0.257 e. The highest BCUT2D eigenvalue weighted by Gasteiger charge is 2.20. The van der Waals surface area contributed by atoms with Crippen molar-refractivity contribution in [1.82, 2.24) is 10.3 Å². The van der Waals surface area contributed by atoms with Crippen LogP contribution in [-0.2, 0) is 0 Å². The van der Waals surface area contributed by atoms with Crippen LogP contribution in [0.4, 0.5) is 5.82 Å². The molecule has 0 aliphatic carbocycles. The molecule has 0 fully saturated rings. The second-order valence-electron chi connectivity index (χ2n) is 6.57. The quantitative estimate of drug-likeness (QED) is 0.437. The van der Waals surface area contributed by atoms with Gasteiger partial charge in [-0.15, -0.1) is 0 Å². The van der Waals surface area contributed by atoms with Crippen LogP contribution in [0.3, 0.4) is 0 Å². The van der Waals surface area contributed by atoms with Gasteiger partial charge in [0.25, 0.3) is 5.91 Å². The Morgan fingerprint density at radius 3 is 2.53 bits per heavy atom. The zero-order valence-corrected chi connectivity index (χ0v) is 18.3. The molecule has 1 amide bonds. The van der Waals surface area contributed by atoms with E-state index in [0.717, 1.165) is 24.0 Å². The molecule has 1 aromatic heterocycles. The van der Waals surface area contributed by atoms with Crippen LogP contribution in [0.15, 0.2) is 35.0 Å². The number of rotatable bonds is 8. The maximum Gasteiger partial charge on any atom is 0.257 e. The lowest BCUT2D eigenvalue weighted by Crippen LogP contribution is -2.13. The van der Waals surface area contributed by atoms with E-state index in [1.807, 2.05) is 19.1 Å². The summed E-state index contributed by atoms with van der Waals surface area (Å²) in [5.74, 6) is 0.801. The summed E-state index contributed by atoms with van der Waals surface area (Å²) in [6, 6.07) is 8.46. The molecule has 0 aliphatic rings. The Balaban J connectivity index is 1.82. The first-order chi connectivity index (χ1) is 14.4. The summed E-state index contributed by atoms with van der Waals surface area (Å²) in [6.07, 6.45) is 1.86. The molecule has 3 aromatic rings. The predicted octanol–water partition coefficient (Wildman–Crippen LogP) is 5.79. The van der Waals surface area contributed by atoms with Crippen molar-refractivity contribution in [2.45, 2.75) is 26.7 Å². The van der Waals surface area contributed by atoms with Crippen LogP contribution in [0, 0.1) is 6.92 Å². The van der Waals surface area contributed by atoms with Gasteiger partial charge in [-0.2, -0.15) is 0 Å². The minimum atomic E-state index is -0.456. The number of nitrogens with one attached hydrogen (secondary N) is 1. The van der Waals surface area contributed by atoms with Gasteiger partial charge < -0.3 is 14.8 Å². The first-order valence-electron chi connectivity index (χ1n) is 9.35. The Morgan fingerprint density at radius 2 is 1.90 bits per heavy atom. The van der Waals surface area contributed by atoms with E-state index in [2.05, 4.69) is 22.6 Å². The number of halogens is 2. The summed E-state index contributed by atoms with van der Waals surface area (Å²) in [4.78, 5) is 12.8. The number of aromatic nitrogens is 2. The molecule has 2 aromatic carbocycles. The van der Waals surface area contributed by atoms with Gasteiger partial charge in [-0.3, -0.25) is 4.79 Å². The number of nitrogens with zero attached hydrogens (tertiary/aromatic N) is 2. The van der Waals surface area contributed by atoms with Crippen molar-refractivity contribution in [2.75, 3.05) is 19.0 Å². The number of hydrogen-bond donors (Lipinski definition) is 1. The van der Waals surface area contributed by atoms with Crippen molar-refractivity contribution in [3.63, 3.8) is 0 Å². The van der Waals surface area contributed by atoms with Crippen molar-refractivity contribution >= 4 is 34.9 Å². The summed E-state index contributed by atoms with van der Waals surface area (Å²) in [7, 11) is 1.59. The summed E-state index contributed by atoms with van der Waals surface area (Å²) in [5.41, 5.74) is 2.30. The van der Waals surface area contributed by atoms with Gasteiger partial charge in [0.1, 0.15) is 5.75 Å². The predicted molar refractivity (Wildman–Crippen MR) is 116 cm³/mol. The molecule has 0 bridgehead atoms. The SMILES string of the molecule is CCCCOc1c(Cl)cc(C(=O)Nc2nonc2-c2ccc(OC)cc2C)cc1Cl. The molecule has 30 heavy (non-hydrogen) atoms. The number of carbonyl (C=O) groups excluding carboxylic acids is 1. The number of unbranched alkanes of at least 4 members (excludes halogenated alkanes) is 1.